The number of aromatic nitrogens is 4. The van der Waals surface area contributed by atoms with Gasteiger partial charge in [-0.2, -0.15) is 0 Å². The van der Waals surface area contributed by atoms with Crippen LogP contribution in [0, 0.1) is 13.8 Å². The van der Waals surface area contributed by atoms with Crippen molar-refractivity contribution in [2.45, 2.75) is 27.3 Å². The number of imidazole rings is 2. The quantitative estimate of drug-likeness (QED) is 0.383. The topological polar surface area (TPSA) is 70.5 Å². The van der Waals surface area contributed by atoms with Gasteiger partial charge in [0.05, 0.1) is 41.4 Å². The average molecular weight is 441 g/mol. The van der Waals surface area contributed by atoms with E-state index in [2.05, 4.69) is 17.1 Å². The molecule has 0 radical (unpaired) electrons. The Kier molecular flexibility index (Phi) is 5.09. The molecular formula is C26H24N4O3. The fraction of sp³-hybridized carbons (Fsp3) is 0.192. The molecule has 0 bridgehead atoms. The van der Waals surface area contributed by atoms with Crippen molar-refractivity contribution in [3.63, 3.8) is 0 Å². The SMILES string of the molecule is CCOC(=O)Cn1c(=O)n(-c2ccc(-c3cccn4cncc34)cc2C)c2c(C)cccc21. The zero-order valence-corrected chi connectivity index (χ0v) is 18.8. The van der Waals surface area contributed by atoms with Crippen LogP contribution in [0.4, 0.5) is 0 Å². The number of rotatable bonds is 5. The lowest BCUT2D eigenvalue weighted by Gasteiger charge is -2.12. The van der Waals surface area contributed by atoms with Gasteiger partial charge in [-0.1, -0.05) is 24.3 Å². The predicted molar refractivity (Wildman–Crippen MR) is 128 cm³/mol. The van der Waals surface area contributed by atoms with E-state index in [1.807, 2.05) is 67.0 Å². The lowest BCUT2D eigenvalue weighted by Crippen LogP contribution is -2.27. The molecule has 0 unspecified atom stereocenters. The van der Waals surface area contributed by atoms with Gasteiger partial charge in [-0.3, -0.25) is 13.9 Å². The van der Waals surface area contributed by atoms with Crippen LogP contribution in [0.15, 0.2) is 72.0 Å². The standard InChI is InChI=1S/C26H24N4O3/c1-4-33-24(31)15-29-22-9-5-7-17(2)25(22)30(26(29)32)21-11-10-19(13-18(21)3)20-8-6-12-28-16-27-14-23(20)28/h5-14,16H,4,15H2,1-3H3. The highest BCUT2D eigenvalue weighted by Gasteiger charge is 2.20. The fourth-order valence-electron chi connectivity index (χ4n) is 4.45. The summed E-state index contributed by atoms with van der Waals surface area (Å²) in [5, 5.41) is 0. The van der Waals surface area contributed by atoms with E-state index in [1.54, 1.807) is 17.8 Å². The van der Waals surface area contributed by atoms with Crippen molar-refractivity contribution in [2.24, 2.45) is 0 Å². The number of carbonyl (C=O) groups excluding carboxylic acids is 1. The summed E-state index contributed by atoms with van der Waals surface area (Å²) in [5.41, 5.74) is 7.06. The van der Waals surface area contributed by atoms with Gasteiger partial charge in [-0.15, -0.1) is 0 Å². The minimum Gasteiger partial charge on any atom is -0.465 e. The largest absolute Gasteiger partial charge is 0.465 e. The number of carbonyl (C=O) groups is 1. The van der Waals surface area contributed by atoms with Crippen LogP contribution in [0.1, 0.15) is 18.1 Å². The average Bonchev–Trinajstić information content (AvgIpc) is 3.38. The molecule has 0 spiro atoms. The molecule has 5 aromatic rings. The molecule has 3 aromatic heterocycles. The maximum absolute atomic E-state index is 13.5. The molecule has 0 aliphatic heterocycles. The number of para-hydroxylation sites is 1. The number of ether oxygens (including phenoxy) is 1. The zero-order valence-electron chi connectivity index (χ0n) is 18.8. The number of pyridine rings is 1. The van der Waals surface area contributed by atoms with Crippen LogP contribution < -0.4 is 5.69 Å². The van der Waals surface area contributed by atoms with Crippen molar-refractivity contribution < 1.29 is 9.53 Å². The van der Waals surface area contributed by atoms with Gasteiger partial charge in [0.15, 0.2) is 0 Å². The van der Waals surface area contributed by atoms with Crippen LogP contribution in [-0.4, -0.2) is 31.1 Å². The van der Waals surface area contributed by atoms with E-state index in [1.165, 1.54) is 4.57 Å². The Morgan fingerprint density at radius 3 is 2.67 bits per heavy atom. The summed E-state index contributed by atoms with van der Waals surface area (Å²) in [7, 11) is 0. The molecule has 3 heterocycles. The van der Waals surface area contributed by atoms with Gasteiger partial charge in [-0.25, -0.2) is 9.78 Å². The normalized spacial score (nSPS) is 11.4. The monoisotopic (exact) mass is 440 g/mol. The molecule has 0 amide bonds. The molecule has 7 heteroatoms. The summed E-state index contributed by atoms with van der Waals surface area (Å²) in [5.74, 6) is -0.430. The van der Waals surface area contributed by atoms with Gasteiger partial charge in [0, 0.05) is 11.8 Å². The summed E-state index contributed by atoms with van der Waals surface area (Å²) in [6.07, 6.45) is 5.59. The van der Waals surface area contributed by atoms with Crippen molar-refractivity contribution in [1.82, 2.24) is 18.5 Å². The van der Waals surface area contributed by atoms with Gasteiger partial charge in [0.25, 0.3) is 0 Å². The van der Waals surface area contributed by atoms with E-state index in [9.17, 15) is 9.59 Å². The molecule has 7 nitrogen and oxygen atoms in total. The van der Waals surface area contributed by atoms with Crippen molar-refractivity contribution in [1.29, 1.82) is 0 Å². The molecule has 0 fully saturated rings. The Hall–Kier alpha value is -4.13. The predicted octanol–water partition coefficient (Wildman–Crippen LogP) is 4.29. The van der Waals surface area contributed by atoms with E-state index in [-0.39, 0.29) is 18.8 Å². The summed E-state index contributed by atoms with van der Waals surface area (Å²) in [6.45, 7) is 5.87. The van der Waals surface area contributed by atoms with Crippen LogP contribution >= 0.6 is 0 Å². The van der Waals surface area contributed by atoms with E-state index < -0.39 is 5.97 Å². The van der Waals surface area contributed by atoms with Crippen LogP contribution in [0.5, 0.6) is 0 Å². The highest BCUT2D eigenvalue weighted by molar-refractivity contribution is 5.85. The molecule has 33 heavy (non-hydrogen) atoms. The lowest BCUT2D eigenvalue weighted by atomic mass is 10.0. The van der Waals surface area contributed by atoms with Crippen LogP contribution in [0.2, 0.25) is 0 Å². The minimum atomic E-state index is -0.430. The number of fused-ring (bicyclic) bond motifs is 2. The van der Waals surface area contributed by atoms with E-state index >= 15 is 0 Å². The second kappa shape index (κ2) is 8.09. The van der Waals surface area contributed by atoms with Gasteiger partial charge in [0.2, 0.25) is 0 Å². The molecule has 0 saturated heterocycles. The molecule has 5 rings (SSSR count). The van der Waals surface area contributed by atoms with E-state index in [0.29, 0.717) is 5.52 Å². The lowest BCUT2D eigenvalue weighted by molar-refractivity contribution is -0.143. The number of aryl methyl sites for hydroxylation is 2. The molecule has 0 N–H and O–H groups in total. The smallest absolute Gasteiger partial charge is 0.334 e. The minimum absolute atomic E-state index is 0.125. The molecular weight excluding hydrogens is 416 g/mol. The van der Waals surface area contributed by atoms with Gasteiger partial charge >= 0.3 is 11.7 Å². The number of hydrogen-bond acceptors (Lipinski definition) is 4. The Bertz CT molecular complexity index is 1570. The van der Waals surface area contributed by atoms with Crippen LogP contribution in [0.3, 0.4) is 0 Å². The Morgan fingerprint density at radius 1 is 1.03 bits per heavy atom. The second-order valence-corrected chi connectivity index (χ2v) is 8.06. The first-order chi connectivity index (χ1) is 16.0. The Labute approximate surface area is 190 Å². The zero-order chi connectivity index (χ0) is 23.1. The van der Waals surface area contributed by atoms with E-state index in [4.69, 9.17) is 4.74 Å². The molecule has 0 aliphatic rings. The van der Waals surface area contributed by atoms with Crippen molar-refractivity contribution in [3.8, 4) is 16.8 Å². The van der Waals surface area contributed by atoms with Gasteiger partial charge in [0.1, 0.15) is 6.54 Å². The molecule has 0 saturated carbocycles. The van der Waals surface area contributed by atoms with Crippen molar-refractivity contribution >= 4 is 22.5 Å². The summed E-state index contributed by atoms with van der Waals surface area (Å²) >= 11 is 0. The Balaban J connectivity index is 1.68. The highest BCUT2D eigenvalue weighted by Crippen LogP contribution is 2.29. The van der Waals surface area contributed by atoms with Crippen LogP contribution in [-0.2, 0) is 16.1 Å². The van der Waals surface area contributed by atoms with Crippen LogP contribution in [0.25, 0.3) is 33.4 Å². The number of nitrogens with zero attached hydrogens (tertiary/aromatic N) is 4. The number of esters is 1. The molecule has 166 valence electrons. The number of benzene rings is 2. The second-order valence-electron chi connectivity index (χ2n) is 8.06. The first kappa shape index (κ1) is 20.8. The first-order valence-electron chi connectivity index (χ1n) is 10.9. The van der Waals surface area contributed by atoms with Crippen molar-refractivity contribution in [3.05, 3.63) is 88.9 Å². The molecule has 2 aromatic carbocycles. The summed E-state index contributed by atoms with van der Waals surface area (Å²) in [6, 6.07) is 15.8. The fourth-order valence-corrected chi connectivity index (χ4v) is 4.45. The Morgan fingerprint density at radius 2 is 1.88 bits per heavy atom. The third-order valence-electron chi connectivity index (χ3n) is 5.95. The summed E-state index contributed by atoms with van der Waals surface area (Å²) < 4.78 is 10.3. The number of hydrogen-bond donors (Lipinski definition) is 0. The van der Waals surface area contributed by atoms with E-state index in [0.717, 1.165) is 39.0 Å². The summed E-state index contributed by atoms with van der Waals surface area (Å²) in [4.78, 5) is 30.0. The third-order valence-corrected chi connectivity index (χ3v) is 5.95. The molecule has 0 aliphatic carbocycles. The maximum Gasteiger partial charge on any atom is 0.334 e. The maximum atomic E-state index is 13.5. The molecule has 0 atom stereocenters. The van der Waals surface area contributed by atoms with Gasteiger partial charge < -0.3 is 9.14 Å². The van der Waals surface area contributed by atoms with Gasteiger partial charge in [-0.05, 0) is 61.7 Å². The highest BCUT2D eigenvalue weighted by atomic mass is 16.5. The first-order valence-corrected chi connectivity index (χ1v) is 10.9. The van der Waals surface area contributed by atoms with Crippen molar-refractivity contribution in [2.75, 3.05) is 6.61 Å². The third kappa shape index (κ3) is 3.42.